The van der Waals surface area contributed by atoms with Gasteiger partial charge in [-0.25, -0.2) is 13.2 Å². The van der Waals surface area contributed by atoms with Crippen molar-refractivity contribution in [2.75, 3.05) is 17.6 Å². The van der Waals surface area contributed by atoms with Crippen molar-refractivity contribution in [3.63, 3.8) is 0 Å². The first kappa shape index (κ1) is 14.6. The largest absolute Gasteiger partial charge is 0.491 e. The third-order valence-corrected chi connectivity index (χ3v) is 3.81. The molecule has 0 aliphatic heterocycles. The van der Waals surface area contributed by atoms with Gasteiger partial charge in [-0.15, -0.1) is 0 Å². The summed E-state index contributed by atoms with van der Waals surface area (Å²) in [4.78, 5) is 10.9. The number of carboxylic acids is 1. The zero-order valence-electron chi connectivity index (χ0n) is 11.1. The van der Waals surface area contributed by atoms with Crippen LogP contribution in [0.1, 0.15) is 29.6 Å². The number of hydrogen-bond donors (Lipinski definition) is 2. The average Bonchev–Trinajstić information content (AvgIpc) is 2.26. The first-order valence-electron chi connectivity index (χ1n) is 6.33. The number of rotatable bonds is 6. The van der Waals surface area contributed by atoms with E-state index in [2.05, 4.69) is 4.72 Å². The van der Waals surface area contributed by atoms with Crippen LogP contribution in [0.3, 0.4) is 0 Å². The van der Waals surface area contributed by atoms with Gasteiger partial charge in [0, 0.05) is 0 Å². The van der Waals surface area contributed by atoms with Gasteiger partial charge < -0.3 is 9.84 Å². The highest BCUT2D eigenvalue weighted by Gasteiger charge is 2.19. The molecule has 0 amide bonds. The summed E-state index contributed by atoms with van der Waals surface area (Å²) in [6.45, 7) is 0.519. The molecule has 0 unspecified atom stereocenters. The Balaban J connectivity index is 2.21. The lowest BCUT2D eigenvalue weighted by molar-refractivity contribution is 0.0697. The molecule has 1 aliphatic rings. The SMILES string of the molecule is CS(=O)(=O)Nc1cc(C(=O)O)ccc1OCC1CCC1. The standard InChI is InChI=1S/C13H17NO5S/c1-20(17,18)14-11-7-10(13(15)16)5-6-12(11)19-8-9-3-2-4-9/h5-7,9,14H,2-4,8H2,1H3,(H,15,16). The van der Waals surface area contributed by atoms with Crippen LogP contribution in [0.15, 0.2) is 18.2 Å². The lowest BCUT2D eigenvalue weighted by Crippen LogP contribution is -2.20. The molecule has 6 nitrogen and oxygen atoms in total. The van der Waals surface area contributed by atoms with Crippen LogP contribution in [-0.2, 0) is 10.0 Å². The van der Waals surface area contributed by atoms with Gasteiger partial charge in [0.2, 0.25) is 10.0 Å². The van der Waals surface area contributed by atoms with Gasteiger partial charge in [0.15, 0.2) is 0 Å². The number of carbonyl (C=O) groups is 1. The summed E-state index contributed by atoms with van der Waals surface area (Å²) in [7, 11) is -3.50. The van der Waals surface area contributed by atoms with Crippen molar-refractivity contribution in [3.05, 3.63) is 23.8 Å². The van der Waals surface area contributed by atoms with Crippen LogP contribution in [0.2, 0.25) is 0 Å². The van der Waals surface area contributed by atoms with E-state index in [4.69, 9.17) is 9.84 Å². The molecule has 1 aromatic carbocycles. The van der Waals surface area contributed by atoms with Crippen molar-refractivity contribution in [3.8, 4) is 5.75 Å². The molecule has 110 valence electrons. The Kier molecular flexibility index (Phi) is 4.17. The molecule has 0 spiro atoms. The number of benzene rings is 1. The minimum absolute atomic E-state index is 0.00661. The summed E-state index contributed by atoms with van der Waals surface area (Å²) < 4.78 is 30.5. The van der Waals surface area contributed by atoms with E-state index in [1.165, 1.54) is 24.6 Å². The summed E-state index contributed by atoms with van der Waals surface area (Å²) in [6.07, 6.45) is 4.43. The van der Waals surface area contributed by atoms with Gasteiger partial charge in [0.05, 0.1) is 24.1 Å². The summed E-state index contributed by atoms with van der Waals surface area (Å²) in [5, 5.41) is 8.95. The number of aromatic carboxylic acids is 1. The quantitative estimate of drug-likeness (QED) is 0.837. The molecule has 1 saturated carbocycles. The second-order valence-electron chi connectivity index (χ2n) is 5.00. The molecule has 0 aromatic heterocycles. The lowest BCUT2D eigenvalue weighted by atomic mass is 9.86. The predicted octanol–water partition coefficient (Wildman–Crippen LogP) is 1.94. The Morgan fingerprint density at radius 2 is 2.15 bits per heavy atom. The molecule has 0 saturated heterocycles. The number of nitrogens with one attached hydrogen (secondary N) is 1. The minimum Gasteiger partial charge on any atom is -0.491 e. The molecule has 1 aromatic rings. The highest BCUT2D eigenvalue weighted by Crippen LogP contribution is 2.31. The molecule has 20 heavy (non-hydrogen) atoms. The lowest BCUT2D eigenvalue weighted by Gasteiger charge is -2.25. The Morgan fingerprint density at radius 1 is 1.45 bits per heavy atom. The smallest absolute Gasteiger partial charge is 0.335 e. The van der Waals surface area contributed by atoms with E-state index >= 15 is 0 Å². The highest BCUT2D eigenvalue weighted by molar-refractivity contribution is 7.92. The Bertz CT molecular complexity index is 607. The van der Waals surface area contributed by atoms with Crippen LogP contribution in [0, 0.1) is 5.92 Å². The maximum atomic E-state index is 11.3. The van der Waals surface area contributed by atoms with E-state index < -0.39 is 16.0 Å². The van der Waals surface area contributed by atoms with Crippen LogP contribution in [0.25, 0.3) is 0 Å². The fraction of sp³-hybridized carbons (Fsp3) is 0.462. The molecule has 0 bridgehead atoms. The second-order valence-corrected chi connectivity index (χ2v) is 6.75. The normalized spacial score (nSPS) is 15.4. The molecule has 1 fully saturated rings. The van der Waals surface area contributed by atoms with Crippen LogP contribution in [-0.4, -0.2) is 32.4 Å². The topological polar surface area (TPSA) is 92.7 Å². The molecule has 7 heteroatoms. The number of hydrogen-bond acceptors (Lipinski definition) is 4. The van der Waals surface area contributed by atoms with E-state index in [1.54, 1.807) is 0 Å². The van der Waals surface area contributed by atoms with Crippen molar-refractivity contribution in [2.24, 2.45) is 5.92 Å². The van der Waals surface area contributed by atoms with E-state index in [1.807, 2.05) is 0 Å². The molecular formula is C13H17NO5S. The van der Waals surface area contributed by atoms with Gasteiger partial charge in [-0.2, -0.15) is 0 Å². The zero-order valence-corrected chi connectivity index (χ0v) is 11.9. The average molecular weight is 299 g/mol. The second kappa shape index (κ2) is 5.70. The minimum atomic E-state index is -3.50. The van der Waals surface area contributed by atoms with Gasteiger partial charge in [-0.05, 0) is 37.0 Å². The third kappa shape index (κ3) is 3.86. The van der Waals surface area contributed by atoms with Crippen LogP contribution in [0.5, 0.6) is 5.75 Å². The fourth-order valence-electron chi connectivity index (χ4n) is 1.94. The molecule has 0 atom stereocenters. The number of ether oxygens (including phenoxy) is 1. The summed E-state index contributed by atoms with van der Waals surface area (Å²) >= 11 is 0. The van der Waals surface area contributed by atoms with Crippen LogP contribution in [0.4, 0.5) is 5.69 Å². The number of sulfonamides is 1. The van der Waals surface area contributed by atoms with Crippen LogP contribution < -0.4 is 9.46 Å². The van der Waals surface area contributed by atoms with Crippen molar-refractivity contribution in [1.82, 2.24) is 0 Å². The molecule has 2 rings (SSSR count). The summed E-state index contributed by atoms with van der Waals surface area (Å²) in [6, 6.07) is 4.14. The molecule has 1 aliphatic carbocycles. The first-order valence-corrected chi connectivity index (χ1v) is 8.22. The maximum Gasteiger partial charge on any atom is 0.335 e. The number of anilines is 1. The van der Waals surface area contributed by atoms with Crippen molar-refractivity contribution >= 4 is 21.7 Å². The molecule has 0 radical (unpaired) electrons. The predicted molar refractivity (Wildman–Crippen MR) is 74.7 cm³/mol. The van der Waals surface area contributed by atoms with E-state index in [0.717, 1.165) is 19.1 Å². The Labute approximate surface area is 117 Å². The van der Waals surface area contributed by atoms with E-state index in [9.17, 15) is 13.2 Å². The van der Waals surface area contributed by atoms with Gasteiger partial charge in [-0.3, -0.25) is 4.72 Å². The zero-order chi connectivity index (χ0) is 14.8. The fourth-order valence-corrected chi connectivity index (χ4v) is 2.49. The van der Waals surface area contributed by atoms with Gasteiger partial charge in [0.1, 0.15) is 5.75 Å². The first-order chi connectivity index (χ1) is 9.35. The molecular weight excluding hydrogens is 282 g/mol. The van der Waals surface area contributed by atoms with Crippen molar-refractivity contribution < 1.29 is 23.1 Å². The van der Waals surface area contributed by atoms with E-state index in [-0.39, 0.29) is 11.3 Å². The maximum absolute atomic E-state index is 11.3. The summed E-state index contributed by atoms with van der Waals surface area (Å²) in [5.41, 5.74) is 0.166. The molecule has 0 heterocycles. The van der Waals surface area contributed by atoms with Crippen molar-refractivity contribution in [2.45, 2.75) is 19.3 Å². The van der Waals surface area contributed by atoms with E-state index in [0.29, 0.717) is 18.3 Å². The van der Waals surface area contributed by atoms with Crippen molar-refractivity contribution in [1.29, 1.82) is 0 Å². The summed E-state index contributed by atoms with van der Waals surface area (Å²) in [5.74, 6) is -0.264. The van der Waals surface area contributed by atoms with Gasteiger partial charge in [-0.1, -0.05) is 6.42 Å². The Hall–Kier alpha value is -1.76. The Morgan fingerprint density at radius 3 is 2.65 bits per heavy atom. The highest BCUT2D eigenvalue weighted by atomic mass is 32.2. The van der Waals surface area contributed by atoms with Crippen LogP contribution >= 0.6 is 0 Å². The number of carboxylic acid groups (broad SMARTS) is 1. The molecule has 2 N–H and O–H groups in total. The van der Waals surface area contributed by atoms with Gasteiger partial charge in [0.25, 0.3) is 0 Å². The van der Waals surface area contributed by atoms with Gasteiger partial charge >= 0.3 is 5.97 Å². The monoisotopic (exact) mass is 299 g/mol. The third-order valence-electron chi connectivity index (χ3n) is 3.22.